The van der Waals surface area contributed by atoms with Gasteiger partial charge in [-0.25, -0.2) is 9.97 Å². The first-order valence-corrected chi connectivity index (χ1v) is 24.0. The van der Waals surface area contributed by atoms with E-state index >= 15 is 0 Å². The number of hydrogen-bond donors (Lipinski definition) is 0. The molecular formula is C67H45N3. The van der Waals surface area contributed by atoms with Crippen molar-refractivity contribution in [2.75, 3.05) is 4.90 Å². The first-order valence-electron chi connectivity index (χ1n) is 24.0. The molecule has 0 bridgehead atoms. The lowest BCUT2D eigenvalue weighted by Gasteiger charge is -2.34. The van der Waals surface area contributed by atoms with E-state index in [4.69, 9.17) is 9.97 Å². The molecule has 0 amide bonds. The zero-order chi connectivity index (χ0) is 46.4. The highest BCUT2D eigenvalue weighted by Crippen LogP contribution is 2.57. The molecule has 0 aliphatic heterocycles. The van der Waals surface area contributed by atoms with Crippen molar-refractivity contribution in [1.29, 1.82) is 0 Å². The monoisotopic (exact) mass is 891 g/mol. The Morgan fingerprint density at radius 3 is 1.53 bits per heavy atom. The van der Waals surface area contributed by atoms with E-state index in [2.05, 4.69) is 278 Å². The molecule has 0 saturated carbocycles. The van der Waals surface area contributed by atoms with Gasteiger partial charge >= 0.3 is 0 Å². The SMILES string of the molecule is c1ccc(-c2ccc(N(c3nc(-c4ccc5c(c4)C(c4ccccc4)(c4ccccc4)c4ccccc4-5)c4ccc5ccccc5c4n3)c3ccc(-c4ccccc4)cc3-c3ccccc3)cc2)cc1. The predicted molar refractivity (Wildman–Crippen MR) is 291 cm³/mol. The number of anilines is 3. The maximum atomic E-state index is 5.81. The largest absolute Gasteiger partial charge is 0.279 e. The maximum absolute atomic E-state index is 5.81. The van der Waals surface area contributed by atoms with Crippen LogP contribution in [0.3, 0.4) is 0 Å². The van der Waals surface area contributed by atoms with Gasteiger partial charge in [0.2, 0.25) is 5.95 Å². The number of hydrogen-bond acceptors (Lipinski definition) is 3. The Kier molecular flexibility index (Phi) is 10.1. The van der Waals surface area contributed by atoms with Crippen molar-refractivity contribution >= 4 is 39.0 Å². The average Bonchev–Trinajstić information content (AvgIpc) is 3.74. The molecule has 1 aliphatic carbocycles. The first kappa shape index (κ1) is 41.0. The van der Waals surface area contributed by atoms with E-state index < -0.39 is 5.41 Å². The van der Waals surface area contributed by atoms with Crippen molar-refractivity contribution in [3.8, 4) is 55.8 Å². The normalized spacial score (nSPS) is 12.4. The lowest BCUT2D eigenvalue weighted by atomic mass is 9.67. The number of nitrogens with zero attached hydrogens (tertiary/aromatic N) is 3. The molecule has 1 aliphatic rings. The zero-order valence-corrected chi connectivity index (χ0v) is 38.3. The minimum atomic E-state index is -0.569. The summed E-state index contributed by atoms with van der Waals surface area (Å²) in [4.78, 5) is 13.8. The van der Waals surface area contributed by atoms with Gasteiger partial charge in [-0.2, -0.15) is 0 Å². The van der Waals surface area contributed by atoms with Gasteiger partial charge < -0.3 is 0 Å². The topological polar surface area (TPSA) is 29.0 Å². The zero-order valence-electron chi connectivity index (χ0n) is 38.3. The third kappa shape index (κ3) is 6.82. The highest BCUT2D eigenvalue weighted by Gasteiger charge is 2.46. The smallest absolute Gasteiger partial charge is 0.235 e. The molecule has 0 N–H and O–H groups in total. The van der Waals surface area contributed by atoms with E-state index in [9.17, 15) is 0 Å². The molecule has 0 spiro atoms. The summed E-state index contributed by atoms with van der Waals surface area (Å²) >= 11 is 0. The fraction of sp³-hybridized carbons (Fsp3) is 0.0149. The summed E-state index contributed by atoms with van der Waals surface area (Å²) in [7, 11) is 0. The summed E-state index contributed by atoms with van der Waals surface area (Å²) in [5.41, 5.74) is 18.3. The van der Waals surface area contributed by atoms with E-state index in [1.54, 1.807) is 0 Å². The van der Waals surface area contributed by atoms with Crippen LogP contribution in [0.25, 0.3) is 77.4 Å². The van der Waals surface area contributed by atoms with Crippen LogP contribution in [0, 0.1) is 0 Å². The Morgan fingerprint density at radius 1 is 0.314 bits per heavy atom. The molecule has 1 aromatic heterocycles. The molecular weight excluding hydrogens is 847 g/mol. The van der Waals surface area contributed by atoms with Crippen LogP contribution in [0.4, 0.5) is 17.3 Å². The summed E-state index contributed by atoms with van der Waals surface area (Å²) < 4.78 is 0. The minimum absolute atomic E-state index is 0.569. The van der Waals surface area contributed by atoms with Gasteiger partial charge in [0.05, 0.1) is 22.3 Å². The predicted octanol–water partition coefficient (Wildman–Crippen LogP) is 17.3. The van der Waals surface area contributed by atoms with Crippen LogP contribution < -0.4 is 4.90 Å². The third-order valence-corrected chi connectivity index (χ3v) is 14.2. The van der Waals surface area contributed by atoms with Crippen LogP contribution in [0.2, 0.25) is 0 Å². The Bertz CT molecular complexity index is 3810. The molecule has 328 valence electrons. The van der Waals surface area contributed by atoms with Gasteiger partial charge in [0.1, 0.15) is 0 Å². The van der Waals surface area contributed by atoms with Crippen molar-refractivity contribution < 1.29 is 0 Å². The molecule has 11 aromatic carbocycles. The minimum Gasteiger partial charge on any atom is -0.279 e. The van der Waals surface area contributed by atoms with Gasteiger partial charge in [0.15, 0.2) is 0 Å². The second kappa shape index (κ2) is 17.2. The van der Waals surface area contributed by atoms with E-state index in [-0.39, 0.29) is 0 Å². The van der Waals surface area contributed by atoms with E-state index in [0.717, 1.165) is 77.7 Å². The lowest BCUT2D eigenvalue weighted by Crippen LogP contribution is -2.28. The lowest BCUT2D eigenvalue weighted by molar-refractivity contribution is 0.768. The summed E-state index contributed by atoms with van der Waals surface area (Å²) in [6, 6.07) is 98.4. The second-order valence-corrected chi connectivity index (χ2v) is 18.1. The van der Waals surface area contributed by atoms with Gasteiger partial charge in [-0.1, -0.05) is 237 Å². The van der Waals surface area contributed by atoms with Crippen LogP contribution in [-0.4, -0.2) is 9.97 Å². The molecule has 0 atom stereocenters. The molecule has 12 aromatic rings. The second-order valence-electron chi connectivity index (χ2n) is 18.1. The highest BCUT2D eigenvalue weighted by atomic mass is 15.3. The third-order valence-electron chi connectivity index (χ3n) is 14.2. The van der Waals surface area contributed by atoms with Gasteiger partial charge in [-0.3, -0.25) is 4.90 Å². The fourth-order valence-electron chi connectivity index (χ4n) is 10.9. The standard InChI is InChI=1S/C67H45N3/c1-6-20-46(21-7-1)48-34-39-55(40-35-48)70(63-43-38-51(47-22-8-2-9-23-47)44-60(63)49-24-10-3-11-25-49)66-68-64(59-42-36-50-26-16-17-31-56(50)65(59)69-66)52-37-41-58-57-32-18-19-33-61(57)67(62(58)45-52,53-27-12-4-13-28-53)54-29-14-5-15-30-54/h1-45H. The molecule has 0 saturated heterocycles. The molecule has 13 rings (SSSR count). The fourth-order valence-corrected chi connectivity index (χ4v) is 10.9. The van der Waals surface area contributed by atoms with Gasteiger partial charge in [-0.05, 0) is 103 Å². The number of fused-ring (bicyclic) bond motifs is 6. The molecule has 1 heterocycles. The summed E-state index contributed by atoms with van der Waals surface area (Å²) in [5.74, 6) is 0.581. The van der Waals surface area contributed by atoms with Crippen molar-refractivity contribution in [2.24, 2.45) is 0 Å². The van der Waals surface area contributed by atoms with Gasteiger partial charge in [0, 0.05) is 27.6 Å². The van der Waals surface area contributed by atoms with Crippen molar-refractivity contribution in [1.82, 2.24) is 9.97 Å². The molecule has 0 radical (unpaired) electrons. The molecule has 3 heteroatoms. The summed E-state index contributed by atoms with van der Waals surface area (Å²) in [6.07, 6.45) is 0. The quantitative estimate of drug-likeness (QED) is 0.135. The summed E-state index contributed by atoms with van der Waals surface area (Å²) in [6.45, 7) is 0. The van der Waals surface area contributed by atoms with E-state index in [0.29, 0.717) is 5.95 Å². The van der Waals surface area contributed by atoms with Crippen molar-refractivity contribution in [3.05, 3.63) is 295 Å². The maximum Gasteiger partial charge on any atom is 0.235 e. The Hall–Kier alpha value is -9.18. The van der Waals surface area contributed by atoms with Crippen LogP contribution in [0.1, 0.15) is 22.3 Å². The van der Waals surface area contributed by atoms with Gasteiger partial charge in [-0.15, -0.1) is 0 Å². The van der Waals surface area contributed by atoms with Crippen molar-refractivity contribution in [3.63, 3.8) is 0 Å². The van der Waals surface area contributed by atoms with Crippen molar-refractivity contribution in [2.45, 2.75) is 5.41 Å². The van der Waals surface area contributed by atoms with Crippen LogP contribution >= 0.6 is 0 Å². The number of aromatic nitrogens is 2. The molecule has 3 nitrogen and oxygen atoms in total. The van der Waals surface area contributed by atoms with Crippen LogP contribution in [-0.2, 0) is 5.41 Å². The first-order chi connectivity index (χ1) is 34.7. The molecule has 0 unspecified atom stereocenters. The Balaban J connectivity index is 1.10. The Morgan fingerprint density at radius 2 is 0.843 bits per heavy atom. The molecule has 70 heavy (non-hydrogen) atoms. The van der Waals surface area contributed by atoms with Crippen LogP contribution in [0.15, 0.2) is 273 Å². The average molecular weight is 892 g/mol. The number of rotatable bonds is 9. The Labute approximate surface area is 408 Å². The van der Waals surface area contributed by atoms with E-state index in [1.807, 2.05) is 0 Å². The summed E-state index contributed by atoms with van der Waals surface area (Å²) in [5, 5.41) is 3.19. The highest BCUT2D eigenvalue weighted by molar-refractivity contribution is 6.10. The van der Waals surface area contributed by atoms with Crippen LogP contribution in [0.5, 0.6) is 0 Å². The number of benzene rings is 11. The van der Waals surface area contributed by atoms with E-state index in [1.165, 1.54) is 33.4 Å². The molecule has 0 fully saturated rings. The van der Waals surface area contributed by atoms with Gasteiger partial charge in [0.25, 0.3) is 0 Å².